The molecule has 0 spiro atoms. The van der Waals surface area contributed by atoms with E-state index in [1.807, 2.05) is 23.1 Å². The van der Waals surface area contributed by atoms with Crippen molar-refractivity contribution in [3.63, 3.8) is 0 Å². The first-order valence-corrected chi connectivity index (χ1v) is 7.59. The predicted octanol–water partition coefficient (Wildman–Crippen LogP) is 4.37. The average Bonchev–Trinajstić information content (AvgIpc) is 2.99. The highest BCUT2D eigenvalue weighted by atomic mass is 35.5. The van der Waals surface area contributed by atoms with Gasteiger partial charge < -0.3 is 4.90 Å². The van der Waals surface area contributed by atoms with E-state index >= 15 is 0 Å². The van der Waals surface area contributed by atoms with Crippen molar-refractivity contribution in [3.05, 3.63) is 63.9 Å². The van der Waals surface area contributed by atoms with Gasteiger partial charge in [-0.2, -0.15) is 0 Å². The molecule has 1 aliphatic rings. The Morgan fingerprint density at radius 2 is 2.00 bits per heavy atom. The molecule has 108 valence electrons. The largest absolute Gasteiger partial charge is 0.332 e. The van der Waals surface area contributed by atoms with Crippen molar-refractivity contribution in [1.29, 1.82) is 0 Å². The van der Waals surface area contributed by atoms with E-state index in [1.54, 1.807) is 6.07 Å². The number of rotatable bonds is 2. The number of amides is 1. The molecule has 0 radical (unpaired) electrons. The lowest BCUT2D eigenvalue weighted by molar-refractivity contribution is 0.0735. The highest BCUT2D eigenvalue weighted by Gasteiger charge is 2.30. The molecule has 1 aromatic carbocycles. The van der Waals surface area contributed by atoms with Crippen molar-refractivity contribution >= 4 is 29.1 Å². The van der Waals surface area contributed by atoms with E-state index in [0.29, 0.717) is 10.6 Å². The van der Waals surface area contributed by atoms with Crippen molar-refractivity contribution in [3.8, 4) is 0 Å². The Morgan fingerprint density at radius 1 is 1.24 bits per heavy atom. The van der Waals surface area contributed by atoms with E-state index in [-0.39, 0.29) is 17.1 Å². The van der Waals surface area contributed by atoms with Crippen molar-refractivity contribution < 1.29 is 4.79 Å². The summed E-state index contributed by atoms with van der Waals surface area (Å²) < 4.78 is 0. The molecular weight excluding hydrogens is 307 g/mol. The van der Waals surface area contributed by atoms with Gasteiger partial charge in [-0.15, -0.1) is 0 Å². The summed E-state index contributed by atoms with van der Waals surface area (Å²) in [5, 5.41) is 0.521. The van der Waals surface area contributed by atoms with Gasteiger partial charge in [0, 0.05) is 12.7 Å². The zero-order valence-electron chi connectivity index (χ0n) is 11.3. The van der Waals surface area contributed by atoms with E-state index in [9.17, 15) is 4.79 Å². The van der Waals surface area contributed by atoms with E-state index in [2.05, 4.69) is 17.1 Å². The zero-order chi connectivity index (χ0) is 14.8. The van der Waals surface area contributed by atoms with Gasteiger partial charge in [0.1, 0.15) is 5.15 Å². The van der Waals surface area contributed by atoms with Crippen molar-refractivity contribution in [2.75, 3.05) is 6.54 Å². The minimum Gasteiger partial charge on any atom is -0.332 e. The van der Waals surface area contributed by atoms with E-state index in [0.717, 1.165) is 24.9 Å². The Bertz CT molecular complexity index is 661. The van der Waals surface area contributed by atoms with E-state index in [1.165, 1.54) is 6.20 Å². The standard InChI is InChI=1S/C16H14Cl2N2O/c17-13-9-12(10-19-15(13)18)16(21)20-8-4-7-14(20)11-5-2-1-3-6-11/h1-3,5-6,9-10,14H,4,7-8H2. The molecule has 1 amide bonds. The summed E-state index contributed by atoms with van der Waals surface area (Å²) in [7, 11) is 0. The van der Waals surface area contributed by atoms with Crippen LogP contribution in [0.2, 0.25) is 10.2 Å². The molecule has 2 heterocycles. The highest BCUT2D eigenvalue weighted by molar-refractivity contribution is 6.41. The molecule has 1 saturated heterocycles. The molecule has 1 unspecified atom stereocenters. The number of benzene rings is 1. The molecule has 1 aromatic heterocycles. The number of nitrogens with zero attached hydrogens (tertiary/aromatic N) is 2. The van der Waals surface area contributed by atoms with Gasteiger partial charge in [-0.25, -0.2) is 4.98 Å². The zero-order valence-corrected chi connectivity index (χ0v) is 12.8. The fourth-order valence-corrected chi connectivity index (χ4v) is 3.01. The first-order chi connectivity index (χ1) is 10.2. The summed E-state index contributed by atoms with van der Waals surface area (Å²) >= 11 is 11.8. The molecule has 0 aliphatic carbocycles. The summed E-state index contributed by atoms with van der Waals surface area (Å²) in [4.78, 5) is 18.5. The fourth-order valence-electron chi connectivity index (χ4n) is 2.74. The molecule has 1 fully saturated rings. The van der Waals surface area contributed by atoms with Crippen molar-refractivity contribution in [1.82, 2.24) is 9.88 Å². The van der Waals surface area contributed by atoms with Gasteiger partial charge in [-0.05, 0) is 24.5 Å². The third-order valence-corrected chi connectivity index (χ3v) is 4.43. The summed E-state index contributed by atoms with van der Waals surface area (Å²) in [5.74, 6) is -0.0487. The lowest BCUT2D eigenvalue weighted by Crippen LogP contribution is -2.30. The van der Waals surface area contributed by atoms with Gasteiger partial charge in [0.25, 0.3) is 5.91 Å². The van der Waals surface area contributed by atoms with Gasteiger partial charge in [0.2, 0.25) is 0 Å². The minimum atomic E-state index is -0.0487. The number of hydrogen-bond acceptors (Lipinski definition) is 2. The van der Waals surface area contributed by atoms with Crippen LogP contribution in [0.15, 0.2) is 42.6 Å². The minimum absolute atomic E-state index is 0.0487. The van der Waals surface area contributed by atoms with Crippen LogP contribution in [0, 0.1) is 0 Å². The summed E-state index contributed by atoms with van der Waals surface area (Å²) in [6.07, 6.45) is 3.46. The average molecular weight is 321 g/mol. The number of likely N-dealkylation sites (tertiary alicyclic amines) is 1. The Kier molecular flexibility index (Phi) is 4.13. The van der Waals surface area contributed by atoms with Crippen LogP contribution < -0.4 is 0 Å². The molecule has 1 atom stereocenters. The second-order valence-corrected chi connectivity index (χ2v) is 5.83. The Hall–Kier alpha value is -1.58. The van der Waals surface area contributed by atoms with Gasteiger partial charge in [-0.1, -0.05) is 53.5 Å². The van der Waals surface area contributed by atoms with Gasteiger partial charge in [0.05, 0.1) is 16.6 Å². The SMILES string of the molecule is O=C(c1cnc(Cl)c(Cl)c1)N1CCCC1c1ccccc1. The van der Waals surface area contributed by atoms with Crippen molar-refractivity contribution in [2.24, 2.45) is 0 Å². The van der Waals surface area contributed by atoms with Crippen LogP contribution >= 0.6 is 23.2 Å². The molecule has 5 heteroatoms. The number of hydrogen-bond donors (Lipinski definition) is 0. The molecule has 3 nitrogen and oxygen atoms in total. The van der Waals surface area contributed by atoms with Gasteiger partial charge in [0.15, 0.2) is 0 Å². The Balaban J connectivity index is 1.88. The number of carbonyl (C=O) groups excluding carboxylic acids is 1. The summed E-state index contributed by atoms with van der Waals surface area (Å²) in [5.41, 5.74) is 1.64. The van der Waals surface area contributed by atoms with Crippen LogP contribution in [0.25, 0.3) is 0 Å². The maximum atomic E-state index is 12.7. The predicted molar refractivity (Wildman–Crippen MR) is 83.7 cm³/mol. The van der Waals surface area contributed by atoms with E-state index in [4.69, 9.17) is 23.2 Å². The molecule has 0 N–H and O–H groups in total. The van der Waals surface area contributed by atoms with Crippen LogP contribution in [0.5, 0.6) is 0 Å². The third-order valence-electron chi connectivity index (χ3n) is 3.74. The van der Waals surface area contributed by atoms with Gasteiger partial charge >= 0.3 is 0 Å². The van der Waals surface area contributed by atoms with Crippen LogP contribution in [-0.4, -0.2) is 22.3 Å². The lowest BCUT2D eigenvalue weighted by atomic mass is 10.0. The molecular formula is C16H14Cl2N2O. The molecule has 2 aromatic rings. The second-order valence-electron chi connectivity index (χ2n) is 5.06. The smallest absolute Gasteiger partial charge is 0.255 e. The Labute approximate surface area is 133 Å². The van der Waals surface area contributed by atoms with E-state index < -0.39 is 0 Å². The first kappa shape index (κ1) is 14.4. The highest BCUT2D eigenvalue weighted by Crippen LogP contribution is 2.33. The van der Waals surface area contributed by atoms with Gasteiger partial charge in [-0.3, -0.25) is 4.79 Å². The number of halogens is 2. The normalized spacial score (nSPS) is 18.0. The second kappa shape index (κ2) is 6.04. The molecule has 0 saturated carbocycles. The number of aromatic nitrogens is 1. The van der Waals surface area contributed by atoms with Crippen LogP contribution in [-0.2, 0) is 0 Å². The molecule has 1 aliphatic heterocycles. The third kappa shape index (κ3) is 2.89. The van der Waals surface area contributed by atoms with Crippen LogP contribution in [0.1, 0.15) is 34.8 Å². The number of pyridine rings is 1. The first-order valence-electron chi connectivity index (χ1n) is 6.84. The Morgan fingerprint density at radius 3 is 2.71 bits per heavy atom. The fraction of sp³-hybridized carbons (Fsp3) is 0.250. The monoisotopic (exact) mass is 320 g/mol. The summed E-state index contributed by atoms with van der Waals surface area (Å²) in [6, 6.07) is 11.8. The topological polar surface area (TPSA) is 33.2 Å². The van der Waals surface area contributed by atoms with Crippen molar-refractivity contribution in [2.45, 2.75) is 18.9 Å². The molecule has 0 bridgehead atoms. The van der Waals surface area contributed by atoms with Crippen LogP contribution in [0.3, 0.4) is 0 Å². The molecule has 3 rings (SSSR count). The molecule has 21 heavy (non-hydrogen) atoms. The summed E-state index contributed by atoms with van der Waals surface area (Å²) in [6.45, 7) is 0.749. The quantitative estimate of drug-likeness (QED) is 0.770. The maximum absolute atomic E-state index is 12.7. The van der Waals surface area contributed by atoms with Crippen LogP contribution in [0.4, 0.5) is 0 Å². The lowest BCUT2D eigenvalue weighted by Gasteiger charge is -2.25. The maximum Gasteiger partial charge on any atom is 0.255 e. The number of carbonyl (C=O) groups is 1.